The Morgan fingerprint density at radius 2 is 1.81 bits per heavy atom. The second-order valence-corrected chi connectivity index (χ2v) is 9.78. The van der Waals surface area contributed by atoms with Crippen LogP contribution in [-0.4, -0.2) is 56.1 Å². The molecule has 2 aliphatic rings. The van der Waals surface area contributed by atoms with E-state index < -0.39 is 16.1 Å². The fourth-order valence-corrected chi connectivity index (χ4v) is 5.37. The molecule has 1 N–H and O–H groups in total. The first-order chi connectivity index (χ1) is 15.4. The third kappa shape index (κ3) is 4.79. The lowest BCUT2D eigenvalue weighted by atomic mass is 9.90. The van der Waals surface area contributed by atoms with Crippen LogP contribution in [0.1, 0.15) is 36.3 Å². The van der Waals surface area contributed by atoms with E-state index in [1.54, 1.807) is 37.4 Å². The normalized spacial score (nSPS) is 20.3. The van der Waals surface area contributed by atoms with Gasteiger partial charge in [-0.15, -0.1) is 4.40 Å². The second-order valence-electron chi connectivity index (χ2n) is 7.75. The fraction of sp³-hybridized carbons (Fsp3) is 0.364. The van der Waals surface area contributed by atoms with E-state index in [1.165, 1.54) is 15.4 Å². The Bertz CT molecular complexity index is 1130. The molecule has 0 amide bonds. The molecule has 0 radical (unpaired) electrons. The van der Waals surface area contributed by atoms with Gasteiger partial charge in [0.05, 0.1) is 18.2 Å². The quantitative estimate of drug-likeness (QED) is 0.539. The van der Waals surface area contributed by atoms with Gasteiger partial charge < -0.3 is 5.32 Å². The van der Waals surface area contributed by atoms with Crippen LogP contribution in [0.2, 0.25) is 5.02 Å². The summed E-state index contributed by atoms with van der Waals surface area (Å²) in [5.41, 5.74) is 1.88. The Morgan fingerprint density at radius 1 is 1.12 bits per heavy atom. The van der Waals surface area contributed by atoms with Gasteiger partial charge in [0.1, 0.15) is 5.82 Å². The van der Waals surface area contributed by atoms with Gasteiger partial charge in [0.15, 0.2) is 0 Å². The summed E-state index contributed by atoms with van der Waals surface area (Å²) < 4.78 is 45.8. The summed E-state index contributed by atoms with van der Waals surface area (Å²) in [5.74, 6) is -0.653. The zero-order valence-corrected chi connectivity index (χ0v) is 19.3. The number of piperidine rings is 1. The van der Waals surface area contributed by atoms with Gasteiger partial charge in [0.2, 0.25) is 5.96 Å². The largest absolute Gasteiger partial charge is 0.357 e. The van der Waals surface area contributed by atoms with Crippen LogP contribution in [0.3, 0.4) is 0 Å². The van der Waals surface area contributed by atoms with Gasteiger partial charge in [-0.1, -0.05) is 48.4 Å². The van der Waals surface area contributed by atoms with Crippen molar-refractivity contribution in [3.8, 4) is 0 Å². The number of hydrogen-bond acceptors (Lipinski definition) is 3. The number of halogens is 2. The third-order valence-corrected chi connectivity index (χ3v) is 7.32. The molecule has 4 rings (SSSR count). The van der Waals surface area contributed by atoms with Crippen LogP contribution >= 0.6 is 11.6 Å². The van der Waals surface area contributed by atoms with Crippen LogP contribution in [0, 0.1) is 5.82 Å². The molecular weight excluding hydrogens is 453 g/mol. The lowest BCUT2D eigenvalue weighted by Gasteiger charge is -2.24. The van der Waals surface area contributed by atoms with Crippen molar-refractivity contribution in [1.82, 2.24) is 14.6 Å². The Labute approximate surface area is 192 Å². The molecule has 0 aromatic heterocycles. The van der Waals surface area contributed by atoms with Crippen molar-refractivity contribution in [2.45, 2.75) is 25.2 Å². The standard InChI is InChI=1S/C22H25ClFN5O2S/c1-25-22(27-32(30,31)28-13-5-2-6-14-28)29-15-19(18-7-3-4-8-20(18)24)21(26-29)16-9-11-17(23)12-10-16/h3-4,7-12,19H,2,5-6,13-15H2,1H3,(H,25,27). The predicted molar refractivity (Wildman–Crippen MR) is 125 cm³/mol. The van der Waals surface area contributed by atoms with E-state index in [2.05, 4.69) is 14.8 Å². The average molecular weight is 478 g/mol. The zero-order chi connectivity index (χ0) is 22.7. The van der Waals surface area contributed by atoms with E-state index in [4.69, 9.17) is 11.6 Å². The van der Waals surface area contributed by atoms with Crippen LogP contribution in [0.25, 0.3) is 0 Å². The number of hydrogen-bond donors (Lipinski definition) is 1. The first kappa shape index (κ1) is 22.7. The maximum Gasteiger partial charge on any atom is 0.325 e. The fourth-order valence-electron chi connectivity index (χ4n) is 4.00. The van der Waals surface area contributed by atoms with Gasteiger partial charge in [-0.3, -0.25) is 0 Å². The molecule has 2 aromatic rings. The van der Waals surface area contributed by atoms with E-state index in [1.807, 2.05) is 12.1 Å². The van der Waals surface area contributed by atoms with Crippen LogP contribution in [-0.2, 0) is 10.2 Å². The summed E-state index contributed by atoms with van der Waals surface area (Å²) in [4.78, 5) is 0. The van der Waals surface area contributed by atoms with Crippen molar-refractivity contribution < 1.29 is 12.8 Å². The molecule has 0 saturated carbocycles. The molecule has 0 bridgehead atoms. The molecule has 2 aromatic carbocycles. The summed E-state index contributed by atoms with van der Waals surface area (Å²) in [6.45, 7) is 1.16. The average Bonchev–Trinajstić information content (AvgIpc) is 3.24. The highest BCUT2D eigenvalue weighted by molar-refractivity contribution is 7.87. The lowest BCUT2D eigenvalue weighted by Crippen LogP contribution is -2.40. The van der Waals surface area contributed by atoms with Crippen LogP contribution in [0.4, 0.5) is 4.39 Å². The molecule has 2 aliphatic heterocycles. The van der Waals surface area contributed by atoms with Crippen molar-refractivity contribution in [2.24, 2.45) is 9.50 Å². The summed E-state index contributed by atoms with van der Waals surface area (Å²) >= 11 is 6.03. The predicted octanol–water partition coefficient (Wildman–Crippen LogP) is 3.59. The SMILES string of the molecule is CN/C(=N\S(=O)(=O)N1CCCCC1)N1CC(c2ccccc2F)C(c2ccc(Cl)cc2)=N1. The van der Waals surface area contributed by atoms with Gasteiger partial charge in [0, 0.05) is 25.2 Å². The van der Waals surface area contributed by atoms with E-state index in [-0.39, 0.29) is 18.3 Å². The molecule has 0 spiro atoms. The molecule has 2 heterocycles. The maximum atomic E-state index is 14.7. The van der Waals surface area contributed by atoms with Gasteiger partial charge >= 0.3 is 10.2 Å². The summed E-state index contributed by atoms with van der Waals surface area (Å²) in [6, 6.07) is 13.7. The Morgan fingerprint density at radius 3 is 2.47 bits per heavy atom. The second kappa shape index (κ2) is 9.56. The van der Waals surface area contributed by atoms with E-state index >= 15 is 0 Å². The van der Waals surface area contributed by atoms with E-state index in [9.17, 15) is 12.8 Å². The molecular formula is C22H25ClFN5O2S. The highest BCUT2D eigenvalue weighted by atomic mass is 35.5. The molecule has 1 atom stereocenters. The minimum absolute atomic E-state index is 0.0980. The summed E-state index contributed by atoms with van der Waals surface area (Å²) in [6.07, 6.45) is 2.66. The topological polar surface area (TPSA) is 77.4 Å². The first-order valence-corrected chi connectivity index (χ1v) is 12.3. The van der Waals surface area contributed by atoms with Crippen LogP contribution < -0.4 is 5.32 Å². The monoisotopic (exact) mass is 477 g/mol. The van der Waals surface area contributed by atoms with Crippen molar-refractivity contribution in [1.29, 1.82) is 0 Å². The van der Waals surface area contributed by atoms with Crippen molar-refractivity contribution >= 4 is 33.5 Å². The Hall–Kier alpha value is -2.49. The minimum Gasteiger partial charge on any atom is -0.357 e. The van der Waals surface area contributed by atoms with Crippen molar-refractivity contribution in [2.75, 3.05) is 26.7 Å². The number of nitrogens with zero attached hydrogens (tertiary/aromatic N) is 4. The molecule has 32 heavy (non-hydrogen) atoms. The zero-order valence-electron chi connectivity index (χ0n) is 17.7. The van der Waals surface area contributed by atoms with E-state index in [0.717, 1.165) is 24.8 Å². The van der Waals surface area contributed by atoms with Gasteiger partial charge in [0.25, 0.3) is 0 Å². The lowest BCUT2D eigenvalue weighted by molar-refractivity contribution is 0.346. The summed E-state index contributed by atoms with van der Waals surface area (Å²) in [5, 5.41) is 9.58. The van der Waals surface area contributed by atoms with E-state index in [0.29, 0.717) is 29.4 Å². The van der Waals surface area contributed by atoms with Crippen LogP contribution in [0.5, 0.6) is 0 Å². The van der Waals surface area contributed by atoms with Crippen molar-refractivity contribution in [3.05, 3.63) is 70.5 Å². The van der Waals surface area contributed by atoms with Crippen LogP contribution in [0.15, 0.2) is 58.0 Å². The van der Waals surface area contributed by atoms with Crippen molar-refractivity contribution in [3.63, 3.8) is 0 Å². The number of rotatable bonds is 4. The minimum atomic E-state index is -3.85. The molecule has 1 unspecified atom stereocenters. The summed E-state index contributed by atoms with van der Waals surface area (Å²) in [7, 11) is -2.26. The third-order valence-electron chi connectivity index (χ3n) is 5.65. The molecule has 0 aliphatic carbocycles. The Balaban J connectivity index is 1.71. The highest BCUT2D eigenvalue weighted by Crippen LogP contribution is 2.31. The number of benzene rings is 2. The molecule has 1 saturated heterocycles. The number of hydrazone groups is 1. The molecule has 170 valence electrons. The highest BCUT2D eigenvalue weighted by Gasteiger charge is 2.34. The molecule has 7 nitrogen and oxygen atoms in total. The van der Waals surface area contributed by atoms with Gasteiger partial charge in [-0.25, -0.2) is 9.40 Å². The number of nitrogens with one attached hydrogen (secondary N) is 1. The molecule has 1 fully saturated rings. The number of guanidine groups is 1. The smallest absolute Gasteiger partial charge is 0.325 e. The first-order valence-electron chi connectivity index (χ1n) is 10.5. The van der Waals surface area contributed by atoms with Gasteiger partial charge in [-0.05, 0) is 42.2 Å². The Kier molecular flexibility index (Phi) is 6.78. The maximum absolute atomic E-state index is 14.7. The van der Waals surface area contributed by atoms with Gasteiger partial charge in [-0.2, -0.15) is 17.8 Å². The molecule has 10 heteroatoms.